The molecule has 4 nitrogen and oxygen atoms in total. The number of halogens is 2. The van der Waals surface area contributed by atoms with Crippen molar-refractivity contribution < 1.29 is 9.13 Å². The Labute approximate surface area is 149 Å². The Morgan fingerprint density at radius 2 is 2.09 bits per heavy atom. The minimum absolute atomic E-state index is 0. The van der Waals surface area contributed by atoms with E-state index < -0.39 is 0 Å². The summed E-state index contributed by atoms with van der Waals surface area (Å²) >= 11 is 0. The fraction of sp³-hybridized carbons (Fsp3) is 0.562. The second-order valence-electron chi connectivity index (χ2n) is 5.05. The lowest BCUT2D eigenvalue weighted by Gasteiger charge is -2.07. The molecule has 126 valence electrons. The second-order valence-corrected chi connectivity index (χ2v) is 5.05. The van der Waals surface area contributed by atoms with E-state index in [0.717, 1.165) is 18.5 Å². The van der Waals surface area contributed by atoms with Crippen LogP contribution in [0.5, 0.6) is 0 Å². The summed E-state index contributed by atoms with van der Waals surface area (Å²) in [5.41, 5.74) is 7.26. The second kappa shape index (κ2) is 12.6. The highest BCUT2D eigenvalue weighted by Crippen LogP contribution is 2.12. The lowest BCUT2D eigenvalue weighted by molar-refractivity contribution is 0.181. The molecule has 1 aromatic carbocycles. The van der Waals surface area contributed by atoms with Gasteiger partial charge in [0.05, 0.1) is 13.2 Å². The van der Waals surface area contributed by atoms with Gasteiger partial charge in [-0.1, -0.05) is 32.3 Å². The quantitative estimate of drug-likeness (QED) is 0.276. The molecule has 0 spiro atoms. The van der Waals surface area contributed by atoms with Crippen LogP contribution in [0.3, 0.4) is 0 Å². The van der Waals surface area contributed by atoms with Gasteiger partial charge in [-0.15, -0.1) is 24.0 Å². The summed E-state index contributed by atoms with van der Waals surface area (Å²) in [5, 5.41) is 3.09. The van der Waals surface area contributed by atoms with E-state index >= 15 is 0 Å². The van der Waals surface area contributed by atoms with Crippen molar-refractivity contribution in [2.45, 2.75) is 45.8 Å². The minimum atomic E-state index is -0.258. The SMILES string of the molecule is CCCCCCNC(N)=NCc1ccc(F)c(COC)c1.I. The molecule has 0 aliphatic rings. The van der Waals surface area contributed by atoms with Gasteiger partial charge < -0.3 is 15.8 Å². The highest BCUT2D eigenvalue weighted by atomic mass is 127. The Kier molecular flexibility index (Phi) is 12.1. The number of guanidine groups is 1. The maximum Gasteiger partial charge on any atom is 0.188 e. The van der Waals surface area contributed by atoms with Gasteiger partial charge in [0.1, 0.15) is 5.82 Å². The largest absolute Gasteiger partial charge is 0.380 e. The zero-order valence-electron chi connectivity index (χ0n) is 13.4. The first-order valence-corrected chi connectivity index (χ1v) is 7.47. The molecule has 0 amide bonds. The topological polar surface area (TPSA) is 59.6 Å². The van der Waals surface area contributed by atoms with Crippen LogP contribution in [-0.4, -0.2) is 19.6 Å². The Hall–Kier alpha value is -0.890. The minimum Gasteiger partial charge on any atom is -0.380 e. The molecule has 0 aliphatic heterocycles. The molecule has 0 aromatic heterocycles. The third-order valence-electron chi connectivity index (χ3n) is 3.18. The van der Waals surface area contributed by atoms with Gasteiger partial charge in [-0.3, -0.25) is 0 Å². The fourth-order valence-corrected chi connectivity index (χ4v) is 1.99. The number of aliphatic imine (C=N–C) groups is 1. The summed E-state index contributed by atoms with van der Waals surface area (Å²) in [6.07, 6.45) is 4.77. The smallest absolute Gasteiger partial charge is 0.188 e. The van der Waals surface area contributed by atoms with Gasteiger partial charge in [0.2, 0.25) is 0 Å². The Morgan fingerprint density at radius 1 is 1.32 bits per heavy atom. The number of hydrogen-bond donors (Lipinski definition) is 2. The molecule has 0 saturated carbocycles. The van der Waals surface area contributed by atoms with Gasteiger partial charge in [0.15, 0.2) is 5.96 Å². The molecule has 0 aliphatic carbocycles. The van der Waals surface area contributed by atoms with Crippen LogP contribution in [-0.2, 0) is 17.9 Å². The molecular formula is C16H27FIN3O. The van der Waals surface area contributed by atoms with Crippen molar-refractivity contribution in [3.63, 3.8) is 0 Å². The zero-order valence-corrected chi connectivity index (χ0v) is 15.7. The predicted octanol–water partition coefficient (Wildman–Crippen LogP) is 3.57. The standard InChI is InChI=1S/C16H26FN3O.HI/c1-3-4-5-6-9-19-16(18)20-11-13-7-8-15(17)14(10-13)12-21-2;/h7-8,10H,3-6,9,11-12H2,1-2H3,(H3,18,19,20);1H. The van der Waals surface area contributed by atoms with Gasteiger partial charge in [-0.2, -0.15) is 0 Å². The third-order valence-corrected chi connectivity index (χ3v) is 3.18. The Morgan fingerprint density at radius 3 is 2.77 bits per heavy atom. The van der Waals surface area contributed by atoms with Gasteiger partial charge in [0.25, 0.3) is 0 Å². The number of ether oxygens (including phenoxy) is 1. The summed E-state index contributed by atoms with van der Waals surface area (Å²) in [4.78, 5) is 4.26. The van der Waals surface area contributed by atoms with E-state index in [4.69, 9.17) is 10.5 Å². The number of nitrogens with one attached hydrogen (secondary N) is 1. The molecule has 6 heteroatoms. The summed E-state index contributed by atoms with van der Waals surface area (Å²) < 4.78 is 18.4. The molecule has 3 N–H and O–H groups in total. The lowest BCUT2D eigenvalue weighted by Crippen LogP contribution is -2.32. The number of rotatable bonds is 9. The maximum atomic E-state index is 13.5. The van der Waals surface area contributed by atoms with Crippen LogP contribution < -0.4 is 11.1 Å². The number of nitrogens with zero attached hydrogens (tertiary/aromatic N) is 1. The summed E-state index contributed by atoms with van der Waals surface area (Å²) in [5.74, 6) is 0.177. The van der Waals surface area contributed by atoms with E-state index in [1.54, 1.807) is 19.2 Å². The average molecular weight is 423 g/mol. The van der Waals surface area contributed by atoms with Gasteiger partial charge in [0, 0.05) is 19.2 Å². The van der Waals surface area contributed by atoms with Crippen molar-refractivity contribution in [3.8, 4) is 0 Å². The monoisotopic (exact) mass is 423 g/mol. The van der Waals surface area contributed by atoms with Crippen LogP contribution in [0.15, 0.2) is 23.2 Å². The van der Waals surface area contributed by atoms with Gasteiger partial charge >= 0.3 is 0 Å². The van der Waals surface area contributed by atoms with Crippen molar-refractivity contribution in [2.75, 3.05) is 13.7 Å². The molecule has 0 bridgehead atoms. The molecule has 0 heterocycles. The summed E-state index contributed by atoms with van der Waals surface area (Å²) in [6.45, 7) is 3.72. The third kappa shape index (κ3) is 8.53. The predicted molar refractivity (Wildman–Crippen MR) is 100.0 cm³/mol. The first kappa shape index (κ1) is 21.1. The molecular weight excluding hydrogens is 396 g/mol. The van der Waals surface area contributed by atoms with Crippen LogP contribution in [0.1, 0.15) is 43.7 Å². The van der Waals surface area contributed by atoms with Gasteiger partial charge in [-0.25, -0.2) is 9.38 Å². The Bertz CT molecular complexity index is 455. The Balaban J connectivity index is 0.00000441. The highest BCUT2D eigenvalue weighted by molar-refractivity contribution is 14.0. The normalized spacial score (nSPS) is 11.1. The van der Waals surface area contributed by atoms with Gasteiger partial charge in [-0.05, 0) is 24.1 Å². The van der Waals surface area contributed by atoms with Crippen molar-refractivity contribution in [2.24, 2.45) is 10.7 Å². The van der Waals surface area contributed by atoms with Crippen LogP contribution >= 0.6 is 24.0 Å². The molecule has 0 fully saturated rings. The van der Waals surface area contributed by atoms with Crippen LogP contribution in [0.4, 0.5) is 4.39 Å². The molecule has 0 atom stereocenters. The van der Waals surface area contributed by atoms with Crippen LogP contribution in [0, 0.1) is 5.82 Å². The number of nitrogens with two attached hydrogens (primary N) is 1. The summed E-state index contributed by atoms with van der Waals surface area (Å²) in [7, 11) is 1.55. The number of benzene rings is 1. The molecule has 0 radical (unpaired) electrons. The van der Waals surface area contributed by atoms with E-state index in [9.17, 15) is 4.39 Å². The van der Waals surface area contributed by atoms with E-state index in [2.05, 4.69) is 17.2 Å². The number of methoxy groups -OCH3 is 1. The van der Waals surface area contributed by atoms with Crippen LogP contribution in [0.25, 0.3) is 0 Å². The number of unbranched alkanes of at least 4 members (excludes halogenated alkanes) is 3. The maximum absolute atomic E-state index is 13.5. The first-order chi connectivity index (χ1) is 10.2. The lowest BCUT2D eigenvalue weighted by atomic mass is 10.1. The average Bonchev–Trinajstić information content (AvgIpc) is 2.48. The molecule has 1 aromatic rings. The van der Waals surface area contributed by atoms with E-state index in [-0.39, 0.29) is 36.4 Å². The summed E-state index contributed by atoms with van der Waals surface area (Å²) in [6, 6.07) is 4.91. The van der Waals surface area contributed by atoms with Crippen molar-refractivity contribution in [3.05, 3.63) is 35.1 Å². The van der Waals surface area contributed by atoms with Crippen LogP contribution in [0.2, 0.25) is 0 Å². The first-order valence-electron chi connectivity index (χ1n) is 7.47. The molecule has 0 saturated heterocycles. The molecule has 1 rings (SSSR count). The van der Waals surface area contributed by atoms with E-state index in [1.807, 2.05) is 0 Å². The van der Waals surface area contributed by atoms with E-state index in [1.165, 1.54) is 25.3 Å². The molecule has 0 unspecified atom stereocenters. The van der Waals surface area contributed by atoms with Crippen molar-refractivity contribution in [1.82, 2.24) is 5.32 Å². The molecule has 22 heavy (non-hydrogen) atoms. The number of hydrogen-bond acceptors (Lipinski definition) is 2. The highest BCUT2D eigenvalue weighted by Gasteiger charge is 2.03. The zero-order chi connectivity index (χ0) is 15.5. The van der Waals surface area contributed by atoms with E-state index in [0.29, 0.717) is 18.1 Å². The van der Waals surface area contributed by atoms with Crippen molar-refractivity contribution in [1.29, 1.82) is 0 Å². The fourth-order valence-electron chi connectivity index (χ4n) is 1.99. The van der Waals surface area contributed by atoms with Crippen molar-refractivity contribution >= 4 is 29.9 Å².